The van der Waals surface area contributed by atoms with Crippen molar-refractivity contribution in [3.63, 3.8) is 0 Å². The Kier molecular flexibility index (Phi) is 17.7. The van der Waals surface area contributed by atoms with Gasteiger partial charge in [-0.15, -0.1) is 4.67 Å². The largest absolute Gasteiger partial charge is 0.497 e. The highest BCUT2D eigenvalue weighted by Crippen LogP contribution is 2.64. The van der Waals surface area contributed by atoms with Gasteiger partial charge in [0.05, 0.1) is 46.3 Å². The van der Waals surface area contributed by atoms with E-state index in [2.05, 4.69) is 26.3 Å². The Morgan fingerprint density at radius 1 is 0.913 bits per heavy atom. The maximum Gasteiger partial charge on any atom is 0.471 e. The lowest BCUT2D eigenvalue weighted by Gasteiger charge is -2.39. The molecule has 22 heteroatoms. The van der Waals surface area contributed by atoms with E-state index in [9.17, 15) is 32.9 Å². The van der Waals surface area contributed by atoms with Crippen molar-refractivity contribution in [1.82, 2.24) is 29.5 Å². The number of nitrogens with zero attached hydrogens (tertiary/aromatic N) is 6. The van der Waals surface area contributed by atoms with Gasteiger partial charge in [0, 0.05) is 25.6 Å². The number of fused-ring (bicyclic) bond motifs is 1. The molecule has 3 heterocycles. The van der Waals surface area contributed by atoms with E-state index in [0.717, 1.165) is 5.56 Å². The summed E-state index contributed by atoms with van der Waals surface area (Å²) in [6.45, 7) is 7.23. The van der Waals surface area contributed by atoms with Crippen LogP contribution in [0.2, 0.25) is 0 Å². The summed E-state index contributed by atoms with van der Waals surface area (Å²) in [6.07, 6.45) is -7.38. The number of aromatic nitrogens is 4. The van der Waals surface area contributed by atoms with E-state index in [1.54, 1.807) is 24.1 Å². The molecule has 1 unspecified atom stereocenters. The number of nitriles is 1. The van der Waals surface area contributed by atoms with E-state index in [0.29, 0.717) is 22.6 Å². The van der Waals surface area contributed by atoms with Crippen LogP contribution in [-0.4, -0.2) is 124 Å². The Balaban J connectivity index is 1.51. The van der Waals surface area contributed by atoms with Crippen molar-refractivity contribution in [2.45, 2.75) is 89.4 Å². The van der Waals surface area contributed by atoms with Crippen molar-refractivity contribution in [2.24, 2.45) is 0 Å². The van der Waals surface area contributed by atoms with Crippen LogP contribution < -0.4 is 20.1 Å². The highest BCUT2D eigenvalue weighted by Gasteiger charge is 2.59. The molecular weight excluding hydrogens is 925 g/mol. The lowest BCUT2D eigenvalue weighted by Crippen LogP contribution is -2.45. The molecule has 1 saturated heterocycles. The van der Waals surface area contributed by atoms with Crippen LogP contribution in [0.25, 0.3) is 11.2 Å². The topological polar surface area (TPSA) is 214 Å². The number of rotatable bonds is 23. The van der Waals surface area contributed by atoms with Gasteiger partial charge in [-0.25, -0.2) is 19.8 Å². The smallest absolute Gasteiger partial charge is 0.471 e. The first kappa shape index (κ1) is 52.5. The van der Waals surface area contributed by atoms with Crippen molar-refractivity contribution in [1.29, 1.82) is 5.26 Å². The van der Waals surface area contributed by atoms with Gasteiger partial charge in [0.25, 0.3) is 0 Å². The zero-order chi connectivity index (χ0) is 49.9. The fraction of sp³-hybridized carbons (Fsp3) is 0.447. The van der Waals surface area contributed by atoms with Crippen molar-refractivity contribution in [3.05, 3.63) is 108 Å². The molecule has 0 radical (unpaired) electrons. The van der Waals surface area contributed by atoms with Gasteiger partial charge >= 0.3 is 20.0 Å². The van der Waals surface area contributed by atoms with Crippen molar-refractivity contribution >= 4 is 36.7 Å². The number of anilines is 1. The molecule has 6 rings (SSSR count). The zero-order valence-corrected chi connectivity index (χ0v) is 40.1. The molecule has 2 aromatic heterocycles. The molecule has 0 saturated carbocycles. The molecule has 1 aliphatic rings. The SMILES string of the molecule is COc1ccc(C(OC[C@H]2O[C@@H](n3cnc4c(NC(C)=O)ncnc43)[C@H](OCOCCNC(=O)C(F)(F)F)[C@@H]2O[P+](O)(CCC#N)N(C(C)C)C(C)C)(c2ccccc2)c2ccc(OC)cc2)cc1. The zero-order valence-electron chi connectivity index (χ0n) is 39.3. The molecule has 3 aromatic carbocycles. The van der Waals surface area contributed by atoms with Gasteiger partial charge < -0.3 is 39.1 Å². The number of carbonyl (C=O) groups is 2. The molecule has 0 aliphatic carbocycles. The summed E-state index contributed by atoms with van der Waals surface area (Å²) in [6, 6.07) is 26.0. The van der Waals surface area contributed by atoms with Crippen LogP contribution in [0.5, 0.6) is 11.5 Å². The Bertz CT molecular complexity index is 2460. The van der Waals surface area contributed by atoms with E-state index < -0.39 is 69.3 Å². The quantitative estimate of drug-likeness (QED) is 0.0262. The van der Waals surface area contributed by atoms with Gasteiger partial charge in [-0.2, -0.15) is 23.0 Å². The Hall–Kier alpha value is -5.82. The lowest BCUT2D eigenvalue weighted by molar-refractivity contribution is -0.174. The summed E-state index contributed by atoms with van der Waals surface area (Å²) in [4.78, 5) is 49.8. The normalized spacial score (nSPS) is 18.3. The van der Waals surface area contributed by atoms with Crippen LogP contribution in [0.3, 0.4) is 0 Å². The van der Waals surface area contributed by atoms with Gasteiger partial charge in [0.15, 0.2) is 29.3 Å². The van der Waals surface area contributed by atoms with E-state index in [-0.39, 0.29) is 54.9 Å². The third-order valence-electron chi connectivity index (χ3n) is 11.2. The minimum atomic E-state index is -5.09. The second kappa shape index (κ2) is 23.2. The summed E-state index contributed by atoms with van der Waals surface area (Å²) in [5.41, 5.74) is 1.20. The molecule has 1 fully saturated rings. The third kappa shape index (κ3) is 12.1. The van der Waals surface area contributed by atoms with Gasteiger partial charge in [-0.1, -0.05) is 54.6 Å². The number of methoxy groups -OCH3 is 2. The number of imidazole rings is 1. The molecule has 5 atom stereocenters. The molecule has 18 nitrogen and oxygen atoms in total. The predicted molar refractivity (Wildman–Crippen MR) is 248 cm³/mol. The van der Waals surface area contributed by atoms with Gasteiger partial charge in [-0.3, -0.25) is 14.2 Å². The Morgan fingerprint density at radius 2 is 1.52 bits per heavy atom. The molecule has 1 aliphatic heterocycles. The van der Waals surface area contributed by atoms with Crippen LogP contribution in [0.15, 0.2) is 91.5 Å². The number of alkyl halides is 3. The number of nitrogens with one attached hydrogen (secondary N) is 2. The second-order valence-corrected chi connectivity index (χ2v) is 18.9. The summed E-state index contributed by atoms with van der Waals surface area (Å²) in [5, 5.41) is 14.3. The summed E-state index contributed by atoms with van der Waals surface area (Å²) in [7, 11) is -0.629. The second-order valence-electron chi connectivity index (χ2n) is 16.5. The summed E-state index contributed by atoms with van der Waals surface area (Å²) in [5.74, 6) is -1.21. The number of ether oxygens (including phenoxy) is 6. The fourth-order valence-electron chi connectivity index (χ4n) is 8.40. The monoisotopic (exact) mass is 981 g/mol. The number of hydrogen-bond acceptors (Lipinski definition) is 15. The maximum absolute atomic E-state index is 12.9. The van der Waals surface area contributed by atoms with Gasteiger partial charge in [0.1, 0.15) is 48.6 Å². The predicted octanol–water partition coefficient (Wildman–Crippen LogP) is 6.92. The number of hydrogen-bond donors (Lipinski definition) is 3. The molecule has 0 spiro atoms. The number of amides is 2. The van der Waals surface area contributed by atoms with Gasteiger partial charge in [-0.05, 0) is 68.7 Å². The number of benzene rings is 3. The van der Waals surface area contributed by atoms with E-state index in [1.165, 1.54) is 19.6 Å². The Morgan fingerprint density at radius 3 is 2.07 bits per heavy atom. The van der Waals surface area contributed by atoms with Gasteiger partial charge in [0.2, 0.25) is 5.91 Å². The fourth-order valence-corrected chi connectivity index (χ4v) is 11.3. The number of halogens is 3. The molecule has 69 heavy (non-hydrogen) atoms. The van der Waals surface area contributed by atoms with Crippen molar-refractivity contribution in [3.8, 4) is 17.6 Å². The average Bonchev–Trinajstić information content (AvgIpc) is 3.90. The maximum atomic E-state index is 12.9. The molecule has 5 aromatic rings. The molecule has 0 bridgehead atoms. The standard InChI is InChI=1S/C47H56F3N8O10P/c1-30(2)58(31(3)4)69(61,25-11-22-51)68-40-38(26-66-46(33-12-9-8-10-13-33,34-14-18-36(62-6)19-15-34)35-16-20-37(63-7)21-17-35)67-44(41(40)65-29-64-24-23-52-45(60)47(48,49)50)57-28-55-39-42(56-32(5)59)53-27-54-43(39)57/h8-10,12-21,27-28,30-31,38,40-41,44,61H,11,23-26,29H2,1-7H3,(H-,52,53,54,56,59,60)/p+1/t38-,40-,41-,44-,69?/m1/s1. The third-order valence-corrected chi connectivity index (χ3v) is 14.2. The molecule has 2 amide bonds. The first-order valence-electron chi connectivity index (χ1n) is 22.1. The first-order chi connectivity index (χ1) is 33.0. The minimum absolute atomic E-state index is 0.0658. The molecule has 3 N–H and O–H groups in total. The highest BCUT2D eigenvalue weighted by atomic mass is 31.2. The van der Waals surface area contributed by atoms with E-state index in [1.807, 2.05) is 111 Å². The van der Waals surface area contributed by atoms with E-state index in [4.69, 9.17) is 32.9 Å². The summed E-state index contributed by atoms with van der Waals surface area (Å²) >= 11 is 0. The summed E-state index contributed by atoms with van der Waals surface area (Å²) < 4.78 is 86.7. The molecular formula is C47H57F3N8O10P+. The van der Waals surface area contributed by atoms with Crippen LogP contribution >= 0.6 is 7.87 Å². The number of carbonyl (C=O) groups excluding carboxylic acids is 2. The van der Waals surface area contributed by atoms with Crippen LogP contribution in [0, 0.1) is 11.3 Å². The van der Waals surface area contributed by atoms with E-state index >= 15 is 0 Å². The van der Waals surface area contributed by atoms with Crippen LogP contribution in [-0.2, 0) is 38.7 Å². The molecule has 370 valence electrons. The lowest BCUT2D eigenvalue weighted by atomic mass is 9.80. The highest BCUT2D eigenvalue weighted by molar-refractivity contribution is 7.63. The first-order valence-corrected chi connectivity index (χ1v) is 23.9. The Labute approximate surface area is 398 Å². The van der Waals surface area contributed by atoms with Crippen LogP contribution in [0.1, 0.15) is 64.0 Å². The van der Waals surface area contributed by atoms with Crippen molar-refractivity contribution < 1.29 is 60.6 Å². The minimum Gasteiger partial charge on any atom is -0.497 e. The van der Waals surface area contributed by atoms with Crippen molar-refractivity contribution in [2.75, 3.05) is 52.2 Å². The average molecular weight is 982 g/mol. The van der Waals surface area contributed by atoms with Crippen LogP contribution in [0.4, 0.5) is 19.0 Å².